The molecule has 31 heavy (non-hydrogen) atoms. The Kier molecular flexibility index (Phi) is 5.22. The van der Waals surface area contributed by atoms with Crippen LogP contribution in [0.15, 0.2) is 48.5 Å². The molecule has 160 valence electrons. The van der Waals surface area contributed by atoms with E-state index in [0.29, 0.717) is 48.2 Å². The summed E-state index contributed by atoms with van der Waals surface area (Å²) in [6.45, 7) is 0. The van der Waals surface area contributed by atoms with Crippen LogP contribution in [0.5, 0.6) is 0 Å². The topological polar surface area (TPSA) is 115 Å². The number of carboxylic acid groups (broad SMARTS) is 2. The van der Waals surface area contributed by atoms with Crippen molar-refractivity contribution in [1.82, 2.24) is 0 Å². The zero-order valence-corrected chi connectivity index (χ0v) is 16.8. The minimum atomic E-state index is -0.930. The first-order valence-corrected chi connectivity index (χ1v) is 10.1. The van der Waals surface area contributed by atoms with E-state index in [9.17, 15) is 19.2 Å². The van der Waals surface area contributed by atoms with E-state index >= 15 is 0 Å². The van der Waals surface area contributed by atoms with Gasteiger partial charge < -0.3 is 10.2 Å². The van der Waals surface area contributed by atoms with E-state index in [4.69, 9.17) is 10.2 Å². The molecule has 2 N–H and O–H groups in total. The fourth-order valence-electron chi connectivity index (χ4n) is 4.62. The molecule has 0 aromatic heterocycles. The summed E-state index contributed by atoms with van der Waals surface area (Å²) >= 11 is 0. The number of carboxylic acids is 2. The van der Waals surface area contributed by atoms with E-state index in [1.54, 1.807) is 58.3 Å². The van der Waals surface area contributed by atoms with Gasteiger partial charge in [-0.1, -0.05) is 24.3 Å². The van der Waals surface area contributed by atoms with Gasteiger partial charge in [0.25, 0.3) is 0 Å². The average molecular weight is 422 g/mol. The van der Waals surface area contributed by atoms with Crippen LogP contribution in [0, 0.1) is 0 Å². The number of nitrogens with zero attached hydrogens (tertiary/aromatic N) is 2. The molecule has 2 amide bonds. The molecule has 8 nitrogen and oxygen atoms in total. The highest BCUT2D eigenvalue weighted by Gasteiger charge is 2.56. The molecule has 0 atom stereocenters. The first-order chi connectivity index (χ1) is 14.8. The lowest BCUT2D eigenvalue weighted by Crippen LogP contribution is -2.56. The summed E-state index contributed by atoms with van der Waals surface area (Å²) < 4.78 is 0. The Labute approximate surface area is 178 Å². The maximum absolute atomic E-state index is 12.9. The van der Waals surface area contributed by atoms with Crippen LogP contribution in [0.4, 0.5) is 11.4 Å². The fraction of sp³-hybridized carbons (Fsp3) is 0.304. The van der Waals surface area contributed by atoms with Crippen LogP contribution in [-0.2, 0) is 32.0 Å². The smallest absolute Gasteiger partial charge is 0.307 e. The molecule has 2 heterocycles. The first kappa shape index (κ1) is 20.6. The second-order valence-electron chi connectivity index (χ2n) is 7.91. The molecule has 2 aromatic carbocycles. The molecule has 0 aliphatic carbocycles. The van der Waals surface area contributed by atoms with E-state index in [1.165, 1.54) is 0 Å². The van der Waals surface area contributed by atoms with Gasteiger partial charge in [-0.2, -0.15) is 0 Å². The lowest BCUT2D eigenvalue weighted by atomic mass is 10.0. The minimum Gasteiger partial charge on any atom is -0.481 e. The molecule has 2 fully saturated rings. The van der Waals surface area contributed by atoms with E-state index in [-0.39, 0.29) is 24.7 Å². The normalized spacial score (nSPS) is 17.5. The van der Waals surface area contributed by atoms with Crippen LogP contribution in [-0.4, -0.2) is 39.6 Å². The van der Waals surface area contributed by atoms with E-state index in [1.807, 2.05) is 0 Å². The molecule has 2 aliphatic heterocycles. The minimum absolute atomic E-state index is 0.0896. The van der Waals surface area contributed by atoms with E-state index in [0.717, 1.165) is 0 Å². The number of amides is 2. The highest BCUT2D eigenvalue weighted by molar-refractivity contribution is 6.05. The number of anilines is 2. The largest absolute Gasteiger partial charge is 0.481 e. The van der Waals surface area contributed by atoms with Crippen molar-refractivity contribution in [3.8, 4) is 0 Å². The highest BCUT2D eigenvalue weighted by Crippen LogP contribution is 2.47. The van der Waals surface area contributed by atoms with Crippen LogP contribution in [0.2, 0.25) is 0 Å². The molecule has 2 aliphatic rings. The summed E-state index contributed by atoms with van der Waals surface area (Å²) in [4.78, 5) is 51.0. The number of benzene rings is 2. The molecule has 4 rings (SSSR count). The van der Waals surface area contributed by atoms with Gasteiger partial charge >= 0.3 is 11.9 Å². The second-order valence-corrected chi connectivity index (χ2v) is 7.91. The first-order valence-electron chi connectivity index (χ1n) is 10.1. The van der Waals surface area contributed by atoms with Gasteiger partial charge in [-0.05, 0) is 48.2 Å². The summed E-state index contributed by atoms with van der Waals surface area (Å²) in [6, 6.07) is 13.6. The molecule has 2 saturated heterocycles. The van der Waals surface area contributed by atoms with Crippen molar-refractivity contribution in [1.29, 1.82) is 0 Å². The summed E-state index contributed by atoms with van der Waals surface area (Å²) in [5.41, 5.74) is 1.69. The van der Waals surface area contributed by atoms with Gasteiger partial charge in [0.2, 0.25) is 11.8 Å². The Balaban J connectivity index is 1.69. The van der Waals surface area contributed by atoms with Crippen molar-refractivity contribution in [3.63, 3.8) is 0 Å². The summed E-state index contributed by atoms with van der Waals surface area (Å²) in [5, 5.41) is 17.9. The van der Waals surface area contributed by atoms with E-state index < -0.39 is 17.6 Å². The molecular formula is C23H22N2O6. The lowest BCUT2D eigenvalue weighted by molar-refractivity contribution is -0.137. The van der Waals surface area contributed by atoms with Crippen LogP contribution < -0.4 is 9.80 Å². The van der Waals surface area contributed by atoms with Gasteiger partial charge in [-0.25, -0.2) is 0 Å². The maximum Gasteiger partial charge on any atom is 0.307 e. The second kappa shape index (κ2) is 7.86. The lowest BCUT2D eigenvalue weighted by Gasteiger charge is -2.42. The molecular weight excluding hydrogens is 400 g/mol. The Bertz CT molecular complexity index is 959. The van der Waals surface area contributed by atoms with Crippen LogP contribution >= 0.6 is 0 Å². The SMILES string of the molecule is O=C(O)Cc1ccc(N2C(=O)CCC23CCC(=O)N3c2ccc(CC(=O)O)cc2)cc1. The maximum atomic E-state index is 12.9. The Hall–Kier alpha value is -3.68. The molecule has 0 saturated carbocycles. The summed E-state index contributed by atoms with van der Waals surface area (Å²) in [6.07, 6.45) is 1.38. The number of hydrogen-bond acceptors (Lipinski definition) is 4. The van der Waals surface area contributed by atoms with Crippen LogP contribution in [0.25, 0.3) is 0 Å². The molecule has 2 aromatic rings. The van der Waals surface area contributed by atoms with Gasteiger partial charge in [0.05, 0.1) is 12.8 Å². The zero-order chi connectivity index (χ0) is 22.2. The van der Waals surface area contributed by atoms with Gasteiger partial charge in [-0.15, -0.1) is 0 Å². The highest BCUT2D eigenvalue weighted by atomic mass is 16.4. The number of hydrogen-bond donors (Lipinski definition) is 2. The third-order valence-electron chi connectivity index (χ3n) is 5.91. The zero-order valence-electron chi connectivity index (χ0n) is 16.8. The summed E-state index contributed by atoms with van der Waals surface area (Å²) in [7, 11) is 0. The fourth-order valence-corrected chi connectivity index (χ4v) is 4.62. The summed E-state index contributed by atoms with van der Waals surface area (Å²) in [5.74, 6) is -2.04. The van der Waals surface area contributed by atoms with Gasteiger partial charge in [0.15, 0.2) is 0 Å². The standard InChI is InChI=1S/C23H22N2O6/c26-19-9-11-23(24(19)17-5-1-15(2-6-17)13-21(28)29)12-10-20(27)25(23)18-7-3-16(4-8-18)14-22(30)31/h1-8H,9-14H2,(H,28,29)(H,30,31). The van der Waals surface area contributed by atoms with Gasteiger partial charge in [0.1, 0.15) is 5.66 Å². The molecule has 0 bridgehead atoms. The number of carbonyl (C=O) groups excluding carboxylic acids is 2. The monoisotopic (exact) mass is 422 g/mol. The predicted molar refractivity (Wildman–Crippen MR) is 112 cm³/mol. The Morgan fingerprint density at radius 2 is 1.06 bits per heavy atom. The van der Waals surface area contributed by atoms with Crippen LogP contribution in [0.1, 0.15) is 36.8 Å². The van der Waals surface area contributed by atoms with Crippen molar-refractivity contribution in [2.24, 2.45) is 0 Å². The van der Waals surface area contributed by atoms with Crippen LogP contribution in [0.3, 0.4) is 0 Å². The number of carbonyl (C=O) groups is 4. The van der Waals surface area contributed by atoms with E-state index in [2.05, 4.69) is 0 Å². The number of aliphatic carboxylic acids is 2. The van der Waals surface area contributed by atoms with Crippen molar-refractivity contribution >= 4 is 35.1 Å². The predicted octanol–water partition coefficient (Wildman–Crippen LogP) is 2.59. The molecule has 8 heteroatoms. The van der Waals surface area contributed by atoms with Gasteiger partial charge in [0, 0.05) is 24.2 Å². The Morgan fingerprint density at radius 1 is 0.710 bits per heavy atom. The van der Waals surface area contributed by atoms with Crippen molar-refractivity contribution in [3.05, 3.63) is 59.7 Å². The Morgan fingerprint density at radius 3 is 1.39 bits per heavy atom. The van der Waals surface area contributed by atoms with Crippen molar-refractivity contribution in [2.75, 3.05) is 9.80 Å². The van der Waals surface area contributed by atoms with Crippen molar-refractivity contribution in [2.45, 2.75) is 44.2 Å². The molecule has 0 unspecified atom stereocenters. The average Bonchev–Trinajstić information content (AvgIpc) is 3.22. The molecule has 0 radical (unpaired) electrons. The third-order valence-corrected chi connectivity index (χ3v) is 5.91. The van der Waals surface area contributed by atoms with Gasteiger partial charge in [-0.3, -0.25) is 29.0 Å². The quantitative estimate of drug-likeness (QED) is 0.739. The third kappa shape index (κ3) is 3.76. The molecule has 1 spiro atoms. The van der Waals surface area contributed by atoms with Crippen molar-refractivity contribution < 1.29 is 29.4 Å². The number of rotatable bonds is 6.